The second-order valence-electron chi connectivity index (χ2n) is 4.97. The van der Waals surface area contributed by atoms with Crippen molar-refractivity contribution in [2.45, 2.75) is 32.1 Å². The van der Waals surface area contributed by atoms with Gasteiger partial charge >= 0.3 is 0 Å². The smallest absolute Gasteiger partial charge is 0.127 e. The minimum atomic E-state index is 0.0810. The molecule has 70 valence electrons. The summed E-state index contributed by atoms with van der Waals surface area (Å²) >= 11 is 0. The molecule has 0 N–H and O–H groups in total. The molecule has 0 aromatic rings. The number of hydrogen-bond donors (Lipinski definition) is 0. The van der Waals surface area contributed by atoms with Crippen molar-refractivity contribution in [3.05, 3.63) is 12.2 Å². The molecule has 13 heavy (non-hydrogen) atoms. The Hall–Kier alpha value is -0.590. The summed E-state index contributed by atoms with van der Waals surface area (Å²) in [5.74, 6) is 2.05. The number of aldehydes is 1. The van der Waals surface area contributed by atoms with E-state index in [1.807, 2.05) is 0 Å². The number of carbonyl (C=O) groups excluding carboxylic acids is 1. The van der Waals surface area contributed by atoms with Crippen molar-refractivity contribution >= 4 is 6.29 Å². The highest BCUT2D eigenvalue weighted by Gasteiger charge is 2.56. The van der Waals surface area contributed by atoms with Gasteiger partial charge in [0, 0.05) is 5.41 Å². The van der Waals surface area contributed by atoms with E-state index in [4.69, 9.17) is 0 Å². The van der Waals surface area contributed by atoms with E-state index in [0.717, 1.165) is 12.3 Å². The van der Waals surface area contributed by atoms with Crippen LogP contribution in [-0.4, -0.2) is 6.29 Å². The van der Waals surface area contributed by atoms with Gasteiger partial charge in [-0.05, 0) is 37.0 Å². The predicted octanol–water partition coefficient (Wildman–Crippen LogP) is 2.57. The molecule has 0 spiro atoms. The zero-order chi connectivity index (χ0) is 8.89. The standard InChI is InChI=1S/C12H16O/c13-8-12-6-2-1-3-11(12)9-4-5-10(12)7-9/h4-5,8-11H,1-3,6-7H2/t9-,10+,11-,12-/m0/s1. The van der Waals surface area contributed by atoms with Gasteiger partial charge in [0.15, 0.2) is 0 Å². The second kappa shape index (κ2) is 2.46. The van der Waals surface area contributed by atoms with Crippen LogP contribution in [0.1, 0.15) is 32.1 Å². The highest BCUT2D eigenvalue weighted by atomic mass is 16.1. The van der Waals surface area contributed by atoms with E-state index in [2.05, 4.69) is 12.2 Å². The Labute approximate surface area is 79.2 Å². The number of carbonyl (C=O) groups is 1. The number of allylic oxidation sites excluding steroid dienone is 2. The fourth-order valence-electron chi connectivity index (χ4n) is 3.98. The molecule has 3 aliphatic carbocycles. The first-order chi connectivity index (χ1) is 6.37. The maximum absolute atomic E-state index is 11.3. The first-order valence-electron chi connectivity index (χ1n) is 5.51. The number of fused-ring (bicyclic) bond motifs is 5. The second-order valence-corrected chi connectivity index (χ2v) is 4.97. The fourth-order valence-corrected chi connectivity index (χ4v) is 3.98. The van der Waals surface area contributed by atoms with Crippen LogP contribution in [0.25, 0.3) is 0 Å². The molecular formula is C12H16O. The van der Waals surface area contributed by atoms with Gasteiger partial charge in [-0.25, -0.2) is 0 Å². The summed E-state index contributed by atoms with van der Waals surface area (Å²) in [5, 5.41) is 0. The molecular weight excluding hydrogens is 160 g/mol. The normalized spacial score (nSPS) is 52.2. The van der Waals surface area contributed by atoms with E-state index in [1.165, 1.54) is 32.0 Å². The monoisotopic (exact) mass is 176 g/mol. The molecule has 0 aliphatic heterocycles. The SMILES string of the molecule is O=C[C@]12CCCC[C@H]1[C@H]1C=C[C@@H]2C1. The molecule has 2 saturated carbocycles. The average Bonchev–Trinajstić information content (AvgIpc) is 2.77. The van der Waals surface area contributed by atoms with Crippen LogP contribution in [0.2, 0.25) is 0 Å². The van der Waals surface area contributed by atoms with Crippen molar-refractivity contribution < 1.29 is 4.79 Å². The van der Waals surface area contributed by atoms with Gasteiger partial charge in [-0.2, -0.15) is 0 Å². The molecule has 4 atom stereocenters. The van der Waals surface area contributed by atoms with Gasteiger partial charge < -0.3 is 4.79 Å². The molecule has 2 fully saturated rings. The summed E-state index contributed by atoms with van der Waals surface area (Å²) in [5.41, 5.74) is 0.0810. The van der Waals surface area contributed by atoms with Gasteiger partial charge in [0.2, 0.25) is 0 Å². The lowest BCUT2D eigenvalue weighted by atomic mass is 9.62. The van der Waals surface area contributed by atoms with Gasteiger partial charge in [0.05, 0.1) is 0 Å². The quantitative estimate of drug-likeness (QED) is 0.443. The zero-order valence-electron chi connectivity index (χ0n) is 7.91. The molecule has 0 aromatic heterocycles. The molecule has 0 heterocycles. The largest absolute Gasteiger partial charge is 0.303 e. The third-order valence-electron chi connectivity index (χ3n) is 4.61. The Morgan fingerprint density at radius 1 is 1.31 bits per heavy atom. The molecule has 3 rings (SSSR count). The molecule has 0 radical (unpaired) electrons. The van der Waals surface area contributed by atoms with E-state index >= 15 is 0 Å². The summed E-state index contributed by atoms with van der Waals surface area (Å²) in [4.78, 5) is 11.3. The van der Waals surface area contributed by atoms with Crippen LogP contribution in [0.3, 0.4) is 0 Å². The summed E-state index contributed by atoms with van der Waals surface area (Å²) in [6.07, 6.45) is 12.3. The van der Waals surface area contributed by atoms with Crippen LogP contribution in [0.4, 0.5) is 0 Å². The zero-order valence-corrected chi connectivity index (χ0v) is 7.91. The van der Waals surface area contributed by atoms with E-state index in [-0.39, 0.29) is 5.41 Å². The van der Waals surface area contributed by atoms with Crippen molar-refractivity contribution in [2.24, 2.45) is 23.2 Å². The lowest BCUT2D eigenvalue weighted by Crippen LogP contribution is -2.38. The minimum Gasteiger partial charge on any atom is -0.303 e. The molecule has 1 nitrogen and oxygen atoms in total. The third kappa shape index (κ3) is 0.806. The van der Waals surface area contributed by atoms with Gasteiger partial charge in [-0.3, -0.25) is 0 Å². The minimum absolute atomic E-state index is 0.0810. The number of hydrogen-bond acceptors (Lipinski definition) is 1. The Morgan fingerprint density at radius 3 is 3.00 bits per heavy atom. The van der Waals surface area contributed by atoms with Crippen molar-refractivity contribution in [1.29, 1.82) is 0 Å². The molecule has 3 aliphatic rings. The molecule has 0 amide bonds. The summed E-state index contributed by atoms with van der Waals surface area (Å²) in [6.45, 7) is 0. The van der Waals surface area contributed by atoms with Gasteiger partial charge in [0.1, 0.15) is 6.29 Å². The van der Waals surface area contributed by atoms with Gasteiger partial charge in [0.25, 0.3) is 0 Å². The molecule has 0 saturated heterocycles. The van der Waals surface area contributed by atoms with Crippen LogP contribution < -0.4 is 0 Å². The lowest BCUT2D eigenvalue weighted by Gasteiger charge is -2.41. The first-order valence-corrected chi connectivity index (χ1v) is 5.51. The van der Waals surface area contributed by atoms with E-state index in [9.17, 15) is 4.79 Å². The Balaban J connectivity index is 2.03. The van der Waals surface area contributed by atoms with Crippen molar-refractivity contribution in [3.8, 4) is 0 Å². The molecule has 1 heteroatoms. The van der Waals surface area contributed by atoms with Crippen molar-refractivity contribution in [3.63, 3.8) is 0 Å². The topological polar surface area (TPSA) is 17.1 Å². The van der Waals surface area contributed by atoms with Crippen LogP contribution in [0.5, 0.6) is 0 Å². The summed E-state index contributed by atoms with van der Waals surface area (Å²) < 4.78 is 0. The average molecular weight is 176 g/mol. The van der Waals surface area contributed by atoms with E-state index in [1.54, 1.807) is 0 Å². The maximum atomic E-state index is 11.3. The molecule has 0 unspecified atom stereocenters. The van der Waals surface area contributed by atoms with Crippen LogP contribution >= 0.6 is 0 Å². The lowest BCUT2D eigenvalue weighted by molar-refractivity contribution is -0.122. The fraction of sp³-hybridized carbons (Fsp3) is 0.750. The Morgan fingerprint density at radius 2 is 2.23 bits per heavy atom. The Kier molecular flexibility index (Phi) is 1.47. The van der Waals surface area contributed by atoms with Crippen LogP contribution in [0.15, 0.2) is 12.2 Å². The summed E-state index contributed by atoms with van der Waals surface area (Å²) in [7, 11) is 0. The summed E-state index contributed by atoms with van der Waals surface area (Å²) in [6, 6.07) is 0. The molecule has 0 aromatic carbocycles. The predicted molar refractivity (Wildman–Crippen MR) is 51.2 cm³/mol. The highest BCUT2D eigenvalue weighted by molar-refractivity contribution is 5.63. The van der Waals surface area contributed by atoms with Crippen LogP contribution in [-0.2, 0) is 4.79 Å². The van der Waals surface area contributed by atoms with E-state index < -0.39 is 0 Å². The van der Waals surface area contributed by atoms with E-state index in [0.29, 0.717) is 11.8 Å². The van der Waals surface area contributed by atoms with Gasteiger partial charge in [-0.1, -0.05) is 25.0 Å². The maximum Gasteiger partial charge on any atom is 0.127 e. The van der Waals surface area contributed by atoms with Crippen molar-refractivity contribution in [1.82, 2.24) is 0 Å². The molecule has 2 bridgehead atoms. The highest BCUT2D eigenvalue weighted by Crippen LogP contribution is 2.60. The van der Waals surface area contributed by atoms with Crippen molar-refractivity contribution in [2.75, 3.05) is 0 Å². The number of rotatable bonds is 1. The van der Waals surface area contributed by atoms with Gasteiger partial charge in [-0.15, -0.1) is 0 Å². The van der Waals surface area contributed by atoms with Crippen LogP contribution in [0, 0.1) is 23.2 Å². The third-order valence-corrected chi connectivity index (χ3v) is 4.61. The Bertz CT molecular complexity index is 268. The first kappa shape index (κ1) is 7.78.